The van der Waals surface area contributed by atoms with Gasteiger partial charge in [0.15, 0.2) is 0 Å². The second-order valence-corrected chi connectivity index (χ2v) is 5.20. The van der Waals surface area contributed by atoms with Gasteiger partial charge in [-0.1, -0.05) is 6.07 Å². The van der Waals surface area contributed by atoms with E-state index in [0.717, 1.165) is 29.0 Å². The van der Waals surface area contributed by atoms with E-state index >= 15 is 0 Å². The van der Waals surface area contributed by atoms with Gasteiger partial charge in [-0.05, 0) is 30.3 Å². The summed E-state index contributed by atoms with van der Waals surface area (Å²) in [7, 11) is 0. The number of benzene rings is 1. The van der Waals surface area contributed by atoms with Crippen LogP contribution >= 0.6 is 11.6 Å². The SMILES string of the molecule is Fc1ccc2nc(CCCl)n(CCc3ccccn3)c2c1. The standard InChI is InChI=1S/C16H15ClFN3/c17-8-6-16-20-14-5-4-12(18)11-15(14)21(16)10-7-13-3-1-2-9-19-13/h1-5,9,11H,6-8,10H2. The van der Waals surface area contributed by atoms with Gasteiger partial charge < -0.3 is 4.57 Å². The van der Waals surface area contributed by atoms with E-state index in [1.54, 1.807) is 12.3 Å². The fraction of sp³-hybridized carbons (Fsp3) is 0.250. The fourth-order valence-electron chi connectivity index (χ4n) is 2.44. The van der Waals surface area contributed by atoms with Crippen molar-refractivity contribution in [1.82, 2.24) is 14.5 Å². The van der Waals surface area contributed by atoms with Crippen molar-refractivity contribution in [3.05, 3.63) is 59.9 Å². The van der Waals surface area contributed by atoms with Crippen LogP contribution < -0.4 is 0 Å². The molecule has 0 saturated heterocycles. The summed E-state index contributed by atoms with van der Waals surface area (Å²) in [4.78, 5) is 8.86. The van der Waals surface area contributed by atoms with Crippen LogP contribution in [0.2, 0.25) is 0 Å². The minimum absolute atomic E-state index is 0.251. The molecule has 0 radical (unpaired) electrons. The molecule has 0 aliphatic carbocycles. The normalized spacial score (nSPS) is 11.1. The van der Waals surface area contributed by atoms with E-state index in [-0.39, 0.29) is 5.82 Å². The summed E-state index contributed by atoms with van der Waals surface area (Å²) in [5.74, 6) is 1.13. The Labute approximate surface area is 127 Å². The molecule has 2 aromatic heterocycles. The first-order chi connectivity index (χ1) is 10.3. The zero-order valence-corrected chi connectivity index (χ0v) is 12.2. The highest BCUT2D eigenvalue weighted by Gasteiger charge is 2.11. The molecule has 3 nitrogen and oxygen atoms in total. The van der Waals surface area contributed by atoms with Crippen LogP contribution in [0.3, 0.4) is 0 Å². The molecule has 0 atom stereocenters. The number of pyridine rings is 1. The number of alkyl halides is 1. The third-order valence-electron chi connectivity index (χ3n) is 3.43. The minimum atomic E-state index is -0.251. The topological polar surface area (TPSA) is 30.7 Å². The third kappa shape index (κ3) is 3.05. The summed E-state index contributed by atoms with van der Waals surface area (Å²) in [6, 6.07) is 10.5. The molecule has 108 valence electrons. The number of nitrogens with zero attached hydrogens (tertiary/aromatic N) is 3. The van der Waals surface area contributed by atoms with Gasteiger partial charge in [0, 0.05) is 37.2 Å². The van der Waals surface area contributed by atoms with Crippen molar-refractivity contribution in [3.63, 3.8) is 0 Å². The molecule has 0 aliphatic rings. The van der Waals surface area contributed by atoms with Crippen LogP contribution in [0.15, 0.2) is 42.6 Å². The second kappa shape index (κ2) is 6.22. The van der Waals surface area contributed by atoms with Gasteiger partial charge in [-0.25, -0.2) is 9.37 Å². The van der Waals surface area contributed by atoms with Gasteiger partial charge in [0.25, 0.3) is 0 Å². The van der Waals surface area contributed by atoms with Crippen molar-refractivity contribution in [2.45, 2.75) is 19.4 Å². The molecule has 0 fully saturated rings. The molecule has 0 bridgehead atoms. The number of hydrogen-bond acceptors (Lipinski definition) is 2. The number of fused-ring (bicyclic) bond motifs is 1. The van der Waals surface area contributed by atoms with Gasteiger partial charge in [-0.3, -0.25) is 4.98 Å². The van der Waals surface area contributed by atoms with E-state index in [1.807, 2.05) is 22.8 Å². The zero-order valence-electron chi connectivity index (χ0n) is 11.5. The number of hydrogen-bond donors (Lipinski definition) is 0. The summed E-state index contributed by atoms with van der Waals surface area (Å²) >= 11 is 5.84. The number of rotatable bonds is 5. The first-order valence-electron chi connectivity index (χ1n) is 6.88. The molecule has 0 unspecified atom stereocenters. The Kier molecular flexibility index (Phi) is 4.15. The Bertz CT molecular complexity index is 740. The van der Waals surface area contributed by atoms with E-state index in [4.69, 9.17) is 11.6 Å². The molecule has 3 aromatic rings. The number of imidazole rings is 1. The quantitative estimate of drug-likeness (QED) is 0.674. The summed E-state index contributed by atoms with van der Waals surface area (Å²) in [5, 5.41) is 0. The number of aromatic nitrogens is 3. The smallest absolute Gasteiger partial charge is 0.125 e. The Morgan fingerprint density at radius 2 is 2.05 bits per heavy atom. The lowest BCUT2D eigenvalue weighted by Crippen LogP contribution is -2.07. The average Bonchev–Trinajstić information content (AvgIpc) is 2.83. The van der Waals surface area contributed by atoms with Gasteiger partial charge in [0.2, 0.25) is 0 Å². The molecule has 0 amide bonds. The fourth-order valence-corrected chi connectivity index (χ4v) is 2.61. The predicted octanol–water partition coefficient (Wildman–Crippen LogP) is 3.59. The highest BCUT2D eigenvalue weighted by molar-refractivity contribution is 6.17. The second-order valence-electron chi connectivity index (χ2n) is 4.82. The Hall–Kier alpha value is -1.94. The van der Waals surface area contributed by atoms with Crippen LogP contribution in [0, 0.1) is 5.82 Å². The van der Waals surface area contributed by atoms with Crippen molar-refractivity contribution in [2.24, 2.45) is 0 Å². The van der Waals surface area contributed by atoms with Crippen LogP contribution in [0.1, 0.15) is 11.5 Å². The van der Waals surface area contributed by atoms with Gasteiger partial charge in [-0.2, -0.15) is 0 Å². The van der Waals surface area contributed by atoms with E-state index in [0.29, 0.717) is 18.8 Å². The number of halogens is 2. The first-order valence-corrected chi connectivity index (χ1v) is 7.42. The van der Waals surface area contributed by atoms with Crippen molar-refractivity contribution in [2.75, 3.05) is 5.88 Å². The molecule has 2 heterocycles. The minimum Gasteiger partial charge on any atom is -0.327 e. The largest absolute Gasteiger partial charge is 0.327 e. The maximum Gasteiger partial charge on any atom is 0.125 e. The summed E-state index contributed by atoms with van der Waals surface area (Å²) < 4.78 is 15.5. The van der Waals surface area contributed by atoms with Crippen molar-refractivity contribution in [1.29, 1.82) is 0 Å². The van der Waals surface area contributed by atoms with Crippen LogP contribution in [0.4, 0.5) is 4.39 Å². The van der Waals surface area contributed by atoms with E-state index in [2.05, 4.69) is 9.97 Å². The van der Waals surface area contributed by atoms with Crippen molar-refractivity contribution < 1.29 is 4.39 Å². The molecule has 21 heavy (non-hydrogen) atoms. The Balaban J connectivity index is 1.94. The van der Waals surface area contributed by atoms with E-state index in [1.165, 1.54) is 12.1 Å². The van der Waals surface area contributed by atoms with E-state index < -0.39 is 0 Å². The van der Waals surface area contributed by atoms with Gasteiger partial charge in [0.05, 0.1) is 11.0 Å². The summed E-state index contributed by atoms with van der Waals surface area (Å²) in [6.07, 6.45) is 3.22. The monoisotopic (exact) mass is 303 g/mol. The summed E-state index contributed by atoms with van der Waals surface area (Å²) in [5.41, 5.74) is 2.62. The molecule has 3 rings (SSSR count). The molecule has 0 saturated carbocycles. The van der Waals surface area contributed by atoms with Crippen molar-refractivity contribution in [3.8, 4) is 0 Å². The lowest BCUT2D eigenvalue weighted by Gasteiger charge is -2.08. The van der Waals surface area contributed by atoms with Crippen molar-refractivity contribution >= 4 is 22.6 Å². The van der Waals surface area contributed by atoms with Crippen LogP contribution in [-0.4, -0.2) is 20.4 Å². The molecular formula is C16H15ClFN3. The van der Waals surface area contributed by atoms with Gasteiger partial charge in [0.1, 0.15) is 11.6 Å². The lowest BCUT2D eigenvalue weighted by molar-refractivity contribution is 0.625. The lowest BCUT2D eigenvalue weighted by atomic mass is 10.2. The van der Waals surface area contributed by atoms with E-state index in [9.17, 15) is 4.39 Å². The third-order valence-corrected chi connectivity index (χ3v) is 3.61. The molecule has 0 aliphatic heterocycles. The van der Waals surface area contributed by atoms with Gasteiger partial charge in [-0.15, -0.1) is 11.6 Å². The maximum absolute atomic E-state index is 13.5. The van der Waals surface area contributed by atoms with Gasteiger partial charge >= 0.3 is 0 Å². The molecule has 1 aromatic carbocycles. The maximum atomic E-state index is 13.5. The first kappa shape index (κ1) is 14.0. The highest BCUT2D eigenvalue weighted by atomic mass is 35.5. The summed E-state index contributed by atoms with van der Waals surface area (Å²) in [6.45, 7) is 0.711. The van der Waals surface area contributed by atoms with Crippen LogP contribution in [-0.2, 0) is 19.4 Å². The number of aryl methyl sites for hydroxylation is 3. The molecule has 5 heteroatoms. The highest BCUT2D eigenvalue weighted by Crippen LogP contribution is 2.19. The van der Waals surface area contributed by atoms with Crippen LogP contribution in [0.25, 0.3) is 11.0 Å². The Morgan fingerprint density at radius 3 is 2.81 bits per heavy atom. The molecular weight excluding hydrogens is 289 g/mol. The average molecular weight is 304 g/mol. The molecule has 0 N–H and O–H groups in total. The van der Waals surface area contributed by atoms with Crippen LogP contribution in [0.5, 0.6) is 0 Å². The Morgan fingerprint density at radius 1 is 1.14 bits per heavy atom. The molecule has 0 spiro atoms. The predicted molar refractivity (Wildman–Crippen MR) is 82.1 cm³/mol. The zero-order chi connectivity index (χ0) is 14.7.